The third-order valence-corrected chi connectivity index (χ3v) is 6.33. The summed E-state index contributed by atoms with van der Waals surface area (Å²) in [4.78, 5) is 32.2. The Morgan fingerprint density at radius 3 is 2.86 bits per heavy atom. The Kier molecular flexibility index (Phi) is 6.29. The van der Waals surface area contributed by atoms with Gasteiger partial charge in [-0.25, -0.2) is 0 Å². The smallest absolute Gasteiger partial charge is 0.295 e. The predicted octanol–water partition coefficient (Wildman–Crippen LogP) is 4.59. The van der Waals surface area contributed by atoms with E-state index in [4.69, 9.17) is 9.47 Å². The van der Waals surface area contributed by atoms with E-state index in [1.807, 2.05) is 25.1 Å². The van der Waals surface area contributed by atoms with Crippen molar-refractivity contribution in [1.82, 2.24) is 9.88 Å². The number of ether oxygens (including phenoxy) is 2. The lowest BCUT2D eigenvalue weighted by Gasteiger charge is -2.25. The van der Waals surface area contributed by atoms with Crippen LogP contribution in [0.2, 0.25) is 0 Å². The van der Waals surface area contributed by atoms with Crippen LogP contribution in [0.15, 0.2) is 85.2 Å². The van der Waals surface area contributed by atoms with Gasteiger partial charge in [-0.05, 0) is 60.0 Å². The maximum atomic E-state index is 13.4. The molecule has 7 nitrogen and oxygen atoms in total. The summed E-state index contributed by atoms with van der Waals surface area (Å²) in [6.07, 6.45) is 5.69. The second kappa shape index (κ2) is 9.70. The molecule has 3 aromatic rings. The number of aliphatic hydroxyl groups excluding tert-OH is 1. The van der Waals surface area contributed by atoms with Gasteiger partial charge in [-0.1, -0.05) is 30.9 Å². The number of aromatic nitrogens is 1. The molecule has 0 spiro atoms. The van der Waals surface area contributed by atoms with E-state index in [-0.39, 0.29) is 24.0 Å². The highest BCUT2D eigenvalue weighted by atomic mass is 16.5. The zero-order valence-corrected chi connectivity index (χ0v) is 19.9. The van der Waals surface area contributed by atoms with E-state index in [2.05, 4.69) is 11.6 Å². The van der Waals surface area contributed by atoms with Crippen LogP contribution in [0.4, 0.5) is 0 Å². The molecule has 0 bridgehead atoms. The number of benzene rings is 2. The average Bonchev–Trinajstić information content (AvgIpc) is 3.39. The normalized spacial score (nSPS) is 20.2. The monoisotopic (exact) mass is 482 g/mol. The number of fused-ring (bicyclic) bond motifs is 1. The van der Waals surface area contributed by atoms with Gasteiger partial charge in [0.25, 0.3) is 11.7 Å². The maximum absolute atomic E-state index is 13.4. The lowest BCUT2D eigenvalue weighted by molar-refractivity contribution is -0.140. The standard InChI is InChI=1S/C29H26N2O5/c1-3-12-35-23-8-4-7-20(15-23)26-25(27(32)21-9-10-24-22(14-21)13-18(2)36-24)28(33)29(34)31(26)17-19-6-5-11-30-16-19/h3-11,14-16,18,26,32H,1,12-13,17H2,2H3/t18-,26-/m0/s1. The third-order valence-electron chi connectivity index (χ3n) is 6.33. The molecular formula is C29H26N2O5. The summed E-state index contributed by atoms with van der Waals surface area (Å²) >= 11 is 0. The molecule has 0 radical (unpaired) electrons. The number of nitrogens with zero attached hydrogens (tertiary/aromatic N) is 2. The first kappa shape index (κ1) is 23.4. The predicted molar refractivity (Wildman–Crippen MR) is 134 cm³/mol. The Morgan fingerprint density at radius 2 is 2.08 bits per heavy atom. The molecule has 1 amide bonds. The van der Waals surface area contributed by atoms with Gasteiger partial charge in [0.1, 0.15) is 30.0 Å². The third kappa shape index (κ3) is 4.35. The van der Waals surface area contributed by atoms with Crippen molar-refractivity contribution in [2.75, 3.05) is 6.61 Å². The molecule has 182 valence electrons. The van der Waals surface area contributed by atoms with Crippen LogP contribution >= 0.6 is 0 Å². The number of Topliss-reactive ketones (excluding diaryl/α,β-unsaturated/α-hetero) is 1. The lowest BCUT2D eigenvalue weighted by Crippen LogP contribution is -2.29. The Balaban J connectivity index is 1.62. The highest BCUT2D eigenvalue weighted by molar-refractivity contribution is 6.46. The summed E-state index contributed by atoms with van der Waals surface area (Å²) in [5.41, 5.74) is 2.88. The van der Waals surface area contributed by atoms with Gasteiger partial charge in [0.15, 0.2) is 0 Å². The van der Waals surface area contributed by atoms with Gasteiger partial charge in [0.2, 0.25) is 0 Å². The van der Waals surface area contributed by atoms with Crippen molar-refractivity contribution in [3.05, 3.63) is 107 Å². The summed E-state index contributed by atoms with van der Waals surface area (Å²) in [6.45, 7) is 6.13. The second-order valence-electron chi connectivity index (χ2n) is 8.92. The molecule has 5 rings (SSSR count). The number of likely N-dealkylation sites (tertiary alicyclic amines) is 1. The van der Waals surface area contributed by atoms with Gasteiger partial charge in [0.05, 0.1) is 11.6 Å². The summed E-state index contributed by atoms with van der Waals surface area (Å²) < 4.78 is 11.5. The Morgan fingerprint density at radius 1 is 1.22 bits per heavy atom. The van der Waals surface area contributed by atoms with Gasteiger partial charge in [-0.15, -0.1) is 0 Å². The Bertz CT molecular complexity index is 1370. The molecule has 2 aliphatic heterocycles. The first-order chi connectivity index (χ1) is 17.5. The van der Waals surface area contributed by atoms with E-state index < -0.39 is 17.7 Å². The van der Waals surface area contributed by atoms with Crippen LogP contribution in [0.3, 0.4) is 0 Å². The summed E-state index contributed by atoms with van der Waals surface area (Å²) in [7, 11) is 0. The molecule has 1 N–H and O–H groups in total. The molecule has 0 aliphatic carbocycles. The number of hydrogen-bond acceptors (Lipinski definition) is 6. The lowest BCUT2D eigenvalue weighted by atomic mass is 9.94. The molecule has 2 atom stereocenters. The van der Waals surface area contributed by atoms with Gasteiger partial charge in [0, 0.05) is 30.9 Å². The van der Waals surface area contributed by atoms with Crippen LogP contribution in [0, 0.1) is 0 Å². The van der Waals surface area contributed by atoms with Gasteiger partial charge < -0.3 is 19.5 Å². The van der Waals surface area contributed by atoms with E-state index in [1.165, 1.54) is 4.90 Å². The number of ketones is 1. The van der Waals surface area contributed by atoms with Crippen LogP contribution in [-0.2, 0) is 22.6 Å². The summed E-state index contributed by atoms with van der Waals surface area (Å²) in [5.74, 6) is -0.292. The number of rotatable bonds is 7. The highest BCUT2D eigenvalue weighted by Crippen LogP contribution is 2.42. The van der Waals surface area contributed by atoms with E-state index in [1.54, 1.807) is 54.9 Å². The molecule has 2 aromatic carbocycles. The molecule has 36 heavy (non-hydrogen) atoms. The van der Waals surface area contributed by atoms with Gasteiger partial charge >= 0.3 is 0 Å². The average molecular weight is 483 g/mol. The van der Waals surface area contributed by atoms with Crippen LogP contribution in [0.25, 0.3) is 5.76 Å². The Labute approximate surface area is 209 Å². The first-order valence-electron chi connectivity index (χ1n) is 11.8. The van der Waals surface area contributed by atoms with E-state index in [9.17, 15) is 14.7 Å². The SMILES string of the molecule is C=CCOc1cccc([C@H]2C(=C(O)c3ccc4c(c3)C[C@H](C)O4)C(=O)C(=O)N2Cc2cccnc2)c1. The molecule has 1 saturated heterocycles. The molecule has 1 fully saturated rings. The van der Waals surface area contributed by atoms with Crippen molar-refractivity contribution in [2.24, 2.45) is 0 Å². The first-order valence-corrected chi connectivity index (χ1v) is 11.8. The van der Waals surface area contributed by atoms with Crippen molar-refractivity contribution in [1.29, 1.82) is 0 Å². The van der Waals surface area contributed by atoms with E-state index >= 15 is 0 Å². The van der Waals surface area contributed by atoms with Crippen LogP contribution in [-0.4, -0.2) is 39.4 Å². The number of hydrogen-bond donors (Lipinski definition) is 1. The number of amides is 1. The molecule has 0 saturated carbocycles. The summed E-state index contributed by atoms with van der Waals surface area (Å²) in [5, 5.41) is 11.4. The topological polar surface area (TPSA) is 89.0 Å². The van der Waals surface area contributed by atoms with Crippen molar-refractivity contribution in [3.63, 3.8) is 0 Å². The minimum absolute atomic E-state index is 0.0386. The van der Waals surface area contributed by atoms with Crippen LogP contribution in [0.1, 0.15) is 35.2 Å². The molecule has 7 heteroatoms. The maximum Gasteiger partial charge on any atom is 0.295 e. The molecular weight excluding hydrogens is 456 g/mol. The van der Waals surface area contributed by atoms with Crippen molar-refractivity contribution < 1.29 is 24.2 Å². The molecule has 0 unspecified atom stereocenters. The number of carbonyl (C=O) groups is 2. The van der Waals surface area contributed by atoms with Crippen molar-refractivity contribution >= 4 is 17.4 Å². The van der Waals surface area contributed by atoms with E-state index in [0.29, 0.717) is 29.9 Å². The minimum atomic E-state index is -0.805. The second-order valence-corrected chi connectivity index (χ2v) is 8.92. The largest absolute Gasteiger partial charge is 0.507 e. The van der Waals surface area contributed by atoms with Gasteiger partial charge in [-0.3, -0.25) is 14.6 Å². The Hall–Kier alpha value is -4.39. The number of pyridine rings is 1. The fraction of sp³-hybridized carbons (Fsp3) is 0.207. The van der Waals surface area contributed by atoms with Crippen LogP contribution in [0.5, 0.6) is 11.5 Å². The summed E-state index contributed by atoms with van der Waals surface area (Å²) in [6, 6.07) is 15.3. The molecule has 2 aliphatic rings. The zero-order chi connectivity index (χ0) is 25.2. The molecule has 3 heterocycles. The fourth-order valence-corrected chi connectivity index (χ4v) is 4.73. The quantitative estimate of drug-likeness (QED) is 0.229. The van der Waals surface area contributed by atoms with Crippen molar-refractivity contribution in [2.45, 2.75) is 32.0 Å². The van der Waals surface area contributed by atoms with Crippen molar-refractivity contribution in [3.8, 4) is 11.5 Å². The van der Waals surface area contributed by atoms with Crippen LogP contribution < -0.4 is 9.47 Å². The number of aliphatic hydroxyl groups is 1. The van der Waals surface area contributed by atoms with Gasteiger partial charge in [-0.2, -0.15) is 0 Å². The minimum Gasteiger partial charge on any atom is -0.507 e. The highest BCUT2D eigenvalue weighted by Gasteiger charge is 2.46. The molecule has 1 aromatic heterocycles. The zero-order valence-electron chi connectivity index (χ0n) is 19.9. The fourth-order valence-electron chi connectivity index (χ4n) is 4.73. The number of carbonyl (C=O) groups excluding carboxylic acids is 2. The van der Waals surface area contributed by atoms with E-state index in [0.717, 1.165) is 16.9 Å².